The fourth-order valence-electron chi connectivity index (χ4n) is 1.08. The van der Waals surface area contributed by atoms with E-state index in [0.29, 0.717) is 0 Å². The molecule has 0 radical (unpaired) electrons. The average molecular weight is 214 g/mol. The first kappa shape index (κ1) is 11.6. The van der Waals surface area contributed by atoms with Crippen molar-refractivity contribution in [1.29, 1.82) is 0 Å². The number of rotatable bonds is 6. The summed E-state index contributed by atoms with van der Waals surface area (Å²) in [5.74, 6) is -0.239. The highest BCUT2D eigenvalue weighted by atomic mass is 16.5. The molecule has 84 valence electrons. The van der Waals surface area contributed by atoms with Crippen LogP contribution in [0.15, 0.2) is 12.7 Å². The molecule has 0 aliphatic carbocycles. The van der Waals surface area contributed by atoms with Crippen molar-refractivity contribution in [2.45, 2.75) is 12.6 Å². The normalized spacial score (nSPS) is 12.4. The molecule has 0 saturated heterocycles. The van der Waals surface area contributed by atoms with E-state index < -0.39 is 0 Å². The van der Waals surface area contributed by atoms with Gasteiger partial charge in [-0.15, -0.1) is 0 Å². The van der Waals surface area contributed by atoms with Crippen molar-refractivity contribution in [3.8, 4) is 0 Å². The molecule has 1 rings (SSSR count). The fourth-order valence-corrected chi connectivity index (χ4v) is 1.08. The zero-order valence-corrected chi connectivity index (χ0v) is 8.46. The lowest BCUT2D eigenvalue weighted by Gasteiger charge is -2.14. The van der Waals surface area contributed by atoms with Gasteiger partial charge < -0.3 is 15.2 Å². The van der Waals surface area contributed by atoms with E-state index in [-0.39, 0.29) is 31.7 Å². The number of hydrogen-bond donors (Lipinski definition) is 2. The molecule has 0 saturated carbocycles. The third kappa shape index (κ3) is 4.05. The Balaban J connectivity index is 2.34. The molecule has 1 heterocycles. The van der Waals surface area contributed by atoms with Gasteiger partial charge in [-0.25, -0.2) is 9.67 Å². The Labute approximate surface area is 87.1 Å². The van der Waals surface area contributed by atoms with E-state index in [1.165, 1.54) is 24.4 Å². The maximum absolute atomic E-state index is 11.4. The predicted molar refractivity (Wildman–Crippen MR) is 50.9 cm³/mol. The first-order chi connectivity index (χ1) is 7.26. The highest BCUT2D eigenvalue weighted by molar-refractivity contribution is 5.75. The van der Waals surface area contributed by atoms with Gasteiger partial charge in [0, 0.05) is 7.11 Å². The van der Waals surface area contributed by atoms with Crippen LogP contribution < -0.4 is 5.32 Å². The average Bonchev–Trinajstić information content (AvgIpc) is 2.69. The fraction of sp³-hybridized carbons (Fsp3) is 0.625. The largest absolute Gasteiger partial charge is 0.394 e. The Morgan fingerprint density at radius 3 is 3.07 bits per heavy atom. The summed E-state index contributed by atoms with van der Waals surface area (Å²) in [6.45, 7) is 0.205. The maximum Gasteiger partial charge on any atom is 0.242 e. The molecule has 2 N–H and O–H groups in total. The number of nitrogens with one attached hydrogen (secondary N) is 1. The smallest absolute Gasteiger partial charge is 0.242 e. The minimum absolute atomic E-state index is 0.0835. The van der Waals surface area contributed by atoms with Crippen LogP contribution >= 0.6 is 0 Å². The summed E-state index contributed by atoms with van der Waals surface area (Å²) in [5, 5.41) is 15.3. The Bertz CT molecular complexity index is 288. The number of aliphatic hydroxyl groups is 1. The molecule has 7 nitrogen and oxygen atoms in total. The Kier molecular flexibility index (Phi) is 4.72. The lowest BCUT2D eigenvalue weighted by atomic mass is 10.3. The lowest BCUT2D eigenvalue weighted by molar-refractivity contribution is -0.123. The Morgan fingerprint density at radius 1 is 1.73 bits per heavy atom. The second kappa shape index (κ2) is 6.10. The summed E-state index contributed by atoms with van der Waals surface area (Å²) in [4.78, 5) is 15.1. The first-order valence-corrected chi connectivity index (χ1v) is 4.48. The van der Waals surface area contributed by atoms with Crippen LogP contribution in [0.1, 0.15) is 0 Å². The molecular formula is C8H14N4O3. The van der Waals surface area contributed by atoms with Crippen molar-refractivity contribution in [2.24, 2.45) is 0 Å². The quantitative estimate of drug-likeness (QED) is 0.595. The molecule has 0 bridgehead atoms. The van der Waals surface area contributed by atoms with Gasteiger partial charge in [0.15, 0.2) is 0 Å². The van der Waals surface area contributed by atoms with Gasteiger partial charge in [0.05, 0.1) is 19.3 Å². The van der Waals surface area contributed by atoms with Gasteiger partial charge in [-0.05, 0) is 0 Å². The SMILES string of the molecule is COCC(CO)NC(=O)Cn1cncn1. The maximum atomic E-state index is 11.4. The molecule has 1 aromatic rings. The summed E-state index contributed by atoms with van der Waals surface area (Å²) in [7, 11) is 1.51. The van der Waals surface area contributed by atoms with E-state index >= 15 is 0 Å². The molecule has 1 atom stereocenters. The van der Waals surface area contributed by atoms with Gasteiger partial charge in [-0.1, -0.05) is 0 Å². The number of carbonyl (C=O) groups is 1. The molecule has 0 aromatic carbocycles. The van der Waals surface area contributed by atoms with Crippen molar-refractivity contribution in [3.05, 3.63) is 12.7 Å². The van der Waals surface area contributed by atoms with E-state index in [0.717, 1.165) is 0 Å². The lowest BCUT2D eigenvalue weighted by Crippen LogP contribution is -2.42. The van der Waals surface area contributed by atoms with Crippen LogP contribution in [0.25, 0.3) is 0 Å². The van der Waals surface area contributed by atoms with Crippen LogP contribution in [0.5, 0.6) is 0 Å². The summed E-state index contributed by atoms with van der Waals surface area (Å²) in [6.07, 6.45) is 2.80. The van der Waals surface area contributed by atoms with Gasteiger partial charge in [0.1, 0.15) is 19.2 Å². The first-order valence-electron chi connectivity index (χ1n) is 4.48. The second-order valence-corrected chi connectivity index (χ2v) is 3.00. The van der Waals surface area contributed by atoms with E-state index in [1.807, 2.05) is 0 Å². The Morgan fingerprint density at radius 2 is 2.53 bits per heavy atom. The molecule has 15 heavy (non-hydrogen) atoms. The zero-order chi connectivity index (χ0) is 11.1. The number of methoxy groups -OCH3 is 1. The number of aliphatic hydroxyl groups excluding tert-OH is 1. The van der Waals surface area contributed by atoms with E-state index in [2.05, 4.69) is 15.4 Å². The van der Waals surface area contributed by atoms with Crippen LogP contribution in [0, 0.1) is 0 Å². The Hall–Kier alpha value is -1.47. The zero-order valence-electron chi connectivity index (χ0n) is 8.46. The topological polar surface area (TPSA) is 89.3 Å². The van der Waals surface area contributed by atoms with Crippen LogP contribution in [0.2, 0.25) is 0 Å². The minimum Gasteiger partial charge on any atom is -0.394 e. The standard InChI is InChI=1S/C8H14N4O3/c1-15-4-7(3-13)11-8(14)2-12-6-9-5-10-12/h5-7,13H,2-4H2,1H3,(H,11,14). The molecule has 1 unspecified atom stereocenters. The molecule has 1 aromatic heterocycles. The van der Waals surface area contributed by atoms with Crippen LogP contribution in [-0.4, -0.2) is 52.1 Å². The van der Waals surface area contributed by atoms with E-state index in [1.54, 1.807) is 0 Å². The number of aromatic nitrogens is 3. The van der Waals surface area contributed by atoms with Crippen LogP contribution in [0.4, 0.5) is 0 Å². The second-order valence-electron chi connectivity index (χ2n) is 3.00. The summed E-state index contributed by atoms with van der Waals surface area (Å²) in [6, 6.07) is -0.383. The highest BCUT2D eigenvalue weighted by Gasteiger charge is 2.11. The number of nitrogens with zero attached hydrogens (tertiary/aromatic N) is 3. The van der Waals surface area contributed by atoms with Crippen LogP contribution in [-0.2, 0) is 16.1 Å². The van der Waals surface area contributed by atoms with Gasteiger partial charge in [0.2, 0.25) is 5.91 Å². The minimum atomic E-state index is -0.383. The van der Waals surface area contributed by atoms with Crippen molar-refractivity contribution in [3.63, 3.8) is 0 Å². The molecule has 0 fully saturated rings. The van der Waals surface area contributed by atoms with Crippen molar-refractivity contribution >= 4 is 5.91 Å². The van der Waals surface area contributed by atoms with Gasteiger partial charge >= 0.3 is 0 Å². The highest BCUT2D eigenvalue weighted by Crippen LogP contribution is 1.86. The van der Waals surface area contributed by atoms with Crippen molar-refractivity contribution < 1.29 is 14.6 Å². The molecule has 7 heteroatoms. The third-order valence-electron chi connectivity index (χ3n) is 1.73. The molecule has 0 aliphatic rings. The van der Waals surface area contributed by atoms with Gasteiger partial charge in [0.25, 0.3) is 0 Å². The van der Waals surface area contributed by atoms with Gasteiger partial charge in [-0.3, -0.25) is 4.79 Å². The molecule has 1 amide bonds. The van der Waals surface area contributed by atoms with E-state index in [4.69, 9.17) is 9.84 Å². The molecule has 0 spiro atoms. The number of hydrogen-bond acceptors (Lipinski definition) is 5. The number of carbonyl (C=O) groups excluding carboxylic acids is 1. The summed E-state index contributed by atoms with van der Waals surface area (Å²) in [5.41, 5.74) is 0. The van der Waals surface area contributed by atoms with Gasteiger partial charge in [-0.2, -0.15) is 5.10 Å². The third-order valence-corrected chi connectivity index (χ3v) is 1.73. The number of amides is 1. The number of ether oxygens (including phenoxy) is 1. The van der Waals surface area contributed by atoms with Crippen molar-refractivity contribution in [2.75, 3.05) is 20.3 Å². The summed E-state index contributed by atoms with van der Waals surface area (Å²) >= 11 is 0. The summed E-state index contributed by atoms with van der Waals surface area (Å²) < 4.78 is 6.22. The van der Waals surface area contributed by atoms with E-state index in [9.17, 15) is 4.79 Å². The predicted octanol–water partition coefficient (Wildman–Crippen LogP) is -1.60. The van der Waals surface area contributed by atoms with Crippen molar-refractivity contribution in [1.82, 2.24) is 20.1 Å². The monoisotopic (exact) mass is 214 g/mol. The van der Waals surface area contributed by atoms with Crippen LogP contribution in [0.3, 0.4) is 0 Å². The molecular weight excluding hydrogens is 200 g/mol. The molecule has 0 aliphatic heterocycles.